The number of carbonyl (C=O) groups is 4. The van der Waals surface area contributed by atoms with Crippen molar-refractivity contribution in [3.8, 4) is 0 Å². The van der Waals surface area contributed by atoms with Crippen molar-refractivity contribution < 1.29 is 33.8 Å². The number of amides is 3. The monoisotopic (exact) mass is 621 g/mol. The number of rotatable bonds is 12. The van der Waals surface area contributed by atoms with Crippen LogP contribution in [-0.2, 0) is 30.5 Å². The van der Waals surface area contributed by atoms with Crippen molar-refractivity contribution >= 4 is 34.6 Å². The summed E-state index contributed by atoms with van der Waals surface area (Å²) in [6.45, 7) is 6.47. The van der Waals surface area contributed by atoms with Crippen LogP contribution in [0.1, 0.15) is 77.7 Å². The summed E-state index contributed by atoms with van der Waals surface area (Å²) in [5, 5.41) is 17.8. The maximum Gasteiger partial charge on any atom is 0.407 e. The van der Waals surface area contributed by atoms with Crippen molar-refractivity contribution in [1.29, 1.82) is 0 Å². The zero-order valence-corrected chi connectivity index (χ0v) is 26.6. The molecule has 1 heterocycles. The van der Waals surface area contributed by atoms with E-state index in [4.69, 9.17) is 9.47 Å². The first kappa shape index (κ1) is 32.7. The molecule has 45 heavy (non-hydrogen) atoms. The molecular weight excluding hydrogens is 574 g/mol. The number of aliphatic carboxylic acids is 1. The summed E-state index contributed by atoms with van der Waals surface area (Å²) in [7, 11) is 0. The molecule has 0 bridgehead atoms. The van der Waals surface area contributed by atoms with E-state index < -0.39 is 41.7 Å². The van der Waals surface area contributed by atoms with Gasteiger partial charge in [0, 0.05) is 13.0 Å². The number of alkyl carbamates (subject to hydrolysis) is 1. The number of carboxylic acid groups (broad SMARTS) is 1. The largest absolute Gasteiger partial charge is 0.479 e. The molecule has 10 nitrogen and oxygen atoms in total. The van der Waals surface area contributed by atoms with E-state index in [1.54, 1.807) is 0 Å². The van der Waals surface area contributed by atoms with Crippen LogP contribution in [0.15, 0.2) is 42.5 Å². The third-order valence-electron chi connectivity index (χ3n) is 9.74. The van der Waals surface area contributed by atoms with Gasteiger partial charge in [-0.05, 0) is 53.4 Å². The Morgan fingerprint density at radius 3 is 2.47 bits per heavy atom. The SMILES string of the molecule is CC[C@H]1CC1(NC(=O)[C@@H]1C[C@@H](OCc2cccc3ccccc23)CN1C(=O)[C@@H](NC(=O)OCC(C)C)C1CCCCC1)C(=O)O. The molecule has 0 spiro atoms. The van der Waals surface area contributed by atoms with Gasteiger partial charge in [0.05, 0.1) is 19.3 Å². The average molecular weight is 622 g/mol. The Labute approximate surface area is 265 Å². The first-order valence-corrected chi connectivity index (χ1v) is 16.5. The topological polar surface area (TPSA) is 134 Å². The minimum atomic E-state index is -1.32. The van der Waals surface area contributed by atoms with Gasteiger partial charge in [-0.15, -0.1) is 0 Å². The lowest BCUT2D eigenvalue weighted by Gasteiger charge is -2.34. The van der Waals surface area contributed by atoms with Gasteiger partial charge < -0.3 is 30.1 Å². The molecule has 244 valence electrons. The summed E-state index contributed by atoms with van der Waals surface area (Å²) in [5.74, 6) is -2.01. The van der Waals surface area contributed by atoms with E-state index in [1.807, 2.05) is 63.2 Å². The third kappa shape index (κ3) is 7.43. The highest BCUT2D eigenvalue weighted by molar-refractivity contribution is 5.96. The van der Waals surface area contributed by atoms with E-state index >= 15 is 0 Å². The molecule has 0 radical (unpaired) electrons. The first-order chi connectivity index (χ1) is 21.6. The van der Waals surface area contributed by atoms with Crippen LogP contribution in [0.4, 0.5) is 4.79 Å². The average Bonchev–Trinajstić information content (AvgIpc) is 3.60. The van der Waals surface area contributed by atoms with E-state index in [0.29, 0.717) is 19.4 Å². The summed E-state index contributed by atoms with van der Waals surface area (Å²) in [6.07, 6.45) is 4.67. The molecule has 2 saturated carbocycles. The van der Waals surface area contributed by atoms with Crippen molar-refractivity contribution in [2.24, 2.45) is 17.8 Å². The van der Waals surface area contributed by atoms with Crippen molar-refractivity contribution in [1.82, 2.24) is 15.5 Å². The first-order valence-electron chi connectivity index (χ1n) is 16.5. The number of fused-ring (bicyclic) bond motifs is 1. The van der Waals surface area contributed by atoms with E-state index in [-0.39, 0.29) is 43.2 Å². The fourth-order valence-electron chi connectivity index (χ4n) is 7.07. The molecule has 1 saturated heterocycles. The number of likely N-dealkylation sites (tertiary alicyclic amines) is 1. The van der Waals surface area contributed by atoms with Gasteiger partial charge in [0.1, 0.15) is 17.6 Å². The van der Waals surface area contributed by atoms with Gasteiger partial charge in [-0.25, -0.2) is 9.59 Å². The van der Waals surface area contributed by atoms with Gasteiger partial charge in [0.25, 0.3) is 0 Å². The van der Waals surface area contributed by atoms with Crippen LogP contribution in [0.2, 0.25) is 0 Å². The number of benzene rings is 2. The van der Waals surface area contributed by atoms with Crippen LogP contribution in [-0.4, -0.2) is 70.8 Å². The summed E-state index contributed by atoms with van der Waals surface area (Å²) in [4.78, 5) is 54.8. The van der Waals surface area contributed by atoms with Crippen molar-refractivity contribution in [3.05, 3.63) is 48.0 Å². The van der Waals surface area contributed by atoms with Gasteiger partial charge in [0.15, 0.2) is 0 Å². The molecule has 0 aromatic heterocycles. The van der Waals surface area contributed by atoms with E-state index in [9.17, 15) is 24.3 Å². The number of hydrogen-bond donors (Lipinski definition) is 3. The normalized spacial score (nSPS) is 25.6. The molecule has 1 unspecified atom stereocenters. The predicted molar refractivity (Wildman–Crippen MR) is 169 cm³/mol. The lowest BCUT2D eigenvalue weighted by atomic mass is 9.83. The smallest absolute Gasteiger partial charge is 0.407 e. The zero-order chi connectivity index (χ0) is 32.1. The molecule has 3 amide bonds. The fourth-order valence-corrected chi connectivity index (χ4v) is 7.07. The Balaban J connectivity index is 1.37. The highest BCUT2D eigenvalue weighted by Crippen LogP contribution is 2.46. The summed E-state index contributed by atoms with van der Waals surface area (Å²) >= 11 is 0. The standard InChI is InChI=1S/C35H47N3O7/c1-4-26-18-35(26,33(41)42)37-31(39)29-17-27(44-21-25-15-10-14-23-11-8-9-16-28(23)25)19-38(29)32(40)30(24-12-6-5-7-13-24)36-34(43)45-20-22(2)3/h8-11,14-16,22,24,26-27,29-30H,4-7,12-13,17-21H2,1-3H3,(H,36,43)(H,37,39)(H,41,42)/t26-,27+,29-,30-,35?/m0/s1. The lowest BCUT2D eigenvalue weighted by Crippen LogP contribution is -2.58. The summed E-state index contributed by atoms with van der Waals surface area (Å²) in [6, 6.07) is 12.3. The number of ether oxygens (including phenoxy) is 2. The fraction of sp³-hybridized carbons (Fsp3) is 0.600. The Bertz CT molecular complexity index is 1390. The number of carbonyl (C=O) groups excluding carboxylic acids is 3. The van der Waals surface area contributed by atoms with Crippen LogP contribution < -0.4 is 10.6 Å². The van der Waals surface area contributed by atoms with Gasteiger partial charge in [-0.3, -0.25) is 9.59 Å². The lowest BCUT2D eigenvalue weighted by molar-refractivity contribution is -0.146. The van der Waals surface area contributed by atoms with Gasteiger partial charge >= 0.3 is 12.1 Å². The molecule has 3 aliphatic rings. The second-order valence-corrected chi connectivity index (χ2v) is 13.4. The van der Waals surface area contributed by atoms with Crippen LogP contribution in [0, 0.1) is 17.8 Å². The van der Waals surface area contributed by atoms with Crippen molar-refractivity contribution in [2.45, 2.75) is 102 Å². The van der Waals surface area contributed by atoms with Gasteiger partial charge in [-0.2, -0.15) is 0 Å². The van der Waals surface area contributed by atoms with Crippen LogP contribution >= 0.6 is 0 Å². The molecular formula is C35H47N3O7. The highest BCUT2D eigenvalue weighted by Gasteiger charge is 2.61. The number of nitrogens with one attached hydrogen (secondary N) is 2. The molecule has 10 heteroatoms. The van der Waals surface area contributed by atoms with Gasteiger partial charge in [-0.1, -0.05) is 88.9 Å². The number of carboxylic acids is 1. The molecule has 2 aromatic rings. The van der Waals surface area contributed by atoms with Crippen molar-refractivity contribution in [2.75, 3.05) is 13.2 Å². The van der Waals surface area contributed by atoms with E-state index in [0.717, 1.165) is 48.4 Å². The summed E-state index contributed by atoms with van der Waals surface area (Å²) in [5.41, 5.74) is -0.313. The quantitative estimate of drug-likeness (QED) is 0.303. The second kappa shape index (κ2) is 14.2. The molecule has 3 fully saturated rings. The van der Waals surface area contributed by atoms with Crippen LogP contribution in [0.5, 0.6) is 0 Å². The minimum Gasteiger partial charge on any atom is -0.479 e. The molecule has 5 atom stereocenters. The predicted octanol–water partition coefficient (Wildman–Crippen LogP) is 5.03. The van der Waals surface area contributed by atoms with Crippen molar-refractivity contribution in [3.63, 3.8) is 0 Å². The highest BCUT2D eigenvalue weighted by atomic mass is 16.5. The maximum absolute atomic E-state index is 14.4. The number of nitrogens with zero attached hydrogens (tertiary/aromatic N) is 1. The summed E-state index contributed by atoms with van der Waals surface area (Å²) < 4.78 is 11.8. The maximum atomic E-state index is 14.4. The van der Waals surface area contributed by atoms with E-state index in [1.165, 1.54) is 4.90 Å². The number of hydrogen-bond acceptors (Lipinski definition) is 6. The molecule has 2 aromatic carbocycles. The minimum absolute atomic E-state index is 0.0875. The Kier molecular flexibility index (Phi) is 10.3. The molecule has 3 N–H and O–H groups in total. The van der Waals surface area contributed by atoms with Crippen LogP contribution in [0.3, 0.4) is 0 Å². The second-order valence-electron chi connectivity index (χ2n) is 13.4. The van der Waals surface area contributed by atoms with E-state index in [2.05, 4.69) is 10.6 Å². The molecule has 2 aliphatic carbocycles. The third-order valence-corrected chi connectivity index (χ3v) is 9.74. The van der Waals surface area contributed by atoms with Gasteiger partial charge in [0.2, 0.25) is 11.8 Å². The van der Waals surface area contributed by atoms with Crippen LogP contribution in [0.25, 0.3) is 10.8 Å². The zero-order valence-electron chi connectivity index (χ0n) is 26.6. The molecule has 1 aliphatic heterocycles. The Hall–Kier alpha value is -3.66. The molecule has 5 rings (SSSR count). The Morgan fingerprint density at radius 1 is 1.04 bits per heavy atom. The Morgan fingerprint density at radius 2 is 1.78 bits per heavy atom.